The molecule has 6 nitrogen and oxygen atoms in total. The minimum absolute atomic E-state index is 0.0598. The third-order valence-corrected chi connectivity index (χ3v) is 5.01. The van der Waals surface area contributed by atoms with Crippen LogP contribution in [0.5, 0.6) is 0 Å². The number of anilines is 1. The fourth-order valence-corrected chi connectivity index (χ4v) is 3.50. The first-order valence-corrected chi connectivity index (χ1v) is 9.31. The SMILES string of the molecule is NS(=O)(=O)c1ccccc1-c1ccc(NC(=O)c2nccs2)cc1. The second-order valence-corrected chi connectivity index (χ2v) is 7.33. The van der Waals surface area contributed by atoms with Crippen LogP contribution in [-0.2, 0) is 10.0 Å². The Bertz CT molecular complexity index is 966. The summed E-state index contributed by atoms with van der Waals surface area (Å²) < 4.78 is 23.4. The lowest BCUT2D eigenvalue weighted by Crippen LogP contribution is -2.13. The molecule has 0 fully saturated rings. The van der Waals surface area contributed by atoms with E-state index in [4.69, 9.17) is 5.14 Å². The highest BCUT2D eigenvalue weighted by Gasteiger charge is 2.14. The number of hydrogen-bond acceptors (Lipinski definition) is 5. The Kier molecular flexibility index (Phi) is 4.43. The van der Waals surface area contributed by atoms with Crippen molar-refractivity contribution in [2.45, 2.75) is 4.90 Å². The predicted octanol–water partition coefficient (Wildman–Crippen LogP) is 2.71. The molecule has 8 heteroatoms. The summed E-state index contributed by atoms with van der Waals surface area (Å²) in [6.45, 7) is 0. The first-order chi connectivity index (χ1) is 11.4. The molecule has 1 amide bonds. The van der Waals surface area contributed by atoms with Gasteiger partial charge in [0.05, 0.1) is 4.90 Å². The molecular formula is C16H13N3O3S2. The lowest BCUT2D eigenvalue weighted by Gasteiger charge is -2.09. The number of carbonyl (C=O) groups excluding carboxylic acids is 1. The van der Waals surface area contributed by atoms with Crippen LogP contribution in [0, 0.1) is 0 Å². The van der Waals surface area contributed by atoms with E-state index in [1.807, 2.05) is 0 Å². The maximum atomic E-state index is 12.0. The molecule has 2 aromatic carbocycles. The zero-order valence-electron chi connectivity index (χ0n) is 12.3. The van der Waals surface area contributed by atoms with Gasteiger partial charge in [0.15, 0.2) is 5.01 Å². The smallest absolute Gasteiger partial charge is 0.284 e. The van der Waals surface area contributed by atoms with Crippen molar-refractivity contribution < 1.29 is 13.2 Å². The van der Waals surface area contributed by atoms with Gasteiger partial charge < -0.3 is 5.32 Å². The molecule has 0 spiro atoms. The quantitative estimate of drug-likeness (QED) is 0.747. The molecule has 0 saturated heterocycles. The van der Waals surface area contributed by atoms with E-state index in [1.54, 1.807) is 54.0 Å². The molecule has 1 heterocycles. The Hall–Kier alpha value is -2.55. The fourth-order valence-electron chi connectivity index (χ4n) is 2.21. The largest absolute Gasteiger partial charge is 0.320 e. The predicted molar refractivity (Wildman–Crippen MR) is 93.3 cm³/mol. The van der Waals surface area contributed by atoms with Crippen LogP contribution in [0.2, 0.25) is 0 Å². The molecule has 122 valence electrons. The molecule has 0 saturated carbocycles. The first-order valence-electron chi connectivity index (χ1n) is 6.88. The summed E-state index contributed by atoms with van der Waals surface area (Å²) in [5, 5.41) is 10.1. The van der Waals surface area contributed by atoms with Crippen molar-refractivity contribution in [3.05, 3.63) is 65.1 Å². The van der Waals surface area contributed by atoms with Gasteiger partial charge in [-0.25, -0.2) is 18.5 Å². The number of benzene rings is 2. The Morgan fingerprint density at radius 3 is 2.42 bits per heavy atom. The third-order valence-electron chi connectivity index (χ3n) is 3.27. The van der Waals surface area contributed by atoms with Crippen LogP contribution in [0.1, 0.15) is 9.80 Å². The van der Waals surface area contributed by atoms with Crippen molar-refractivity contribution in [3.8, 4) is 11.1 Å². The molecule has 3 rings (SSSR count). The molecule has 0 bridgehead atoms. The number of nitrogens with two attached hydrogens (primary N) is 1. The molecular weight excluding hydrogens is 346 g/mol. The number of primary sulfonamides is 1. The zero-order valence-corrected chi connectivity index (χ0v) is 14.0. The van der Waals surface area contributed by atoms with Gasteiger partial charge in [-0.1, -0.05) is 30.3 Å². The normalized spacial score (nSPS) is 11.2. The van der Waals surface area contributed by atoms with E-state index in [1.165, 1.54) is 17.4 Å². The maximum Gasteiger partial charge on any atom is 0.284 e. The van der Waals surface area contributed by atoms with E-state index in [0.717, 1.165) is 0 Å². The van der Waals surface area contributed by atoms with Crippen LogP contribution in [0.25, 0.3) is 11.1 Å². The van der Waals surface area contributed by atoms with Crippen LogP contribution in [0.3, 0.4) is 0 Å². The number of rotatable bonds is 4. The van der Waals surface area contributed by atoms with Crippen LogP contribution in [0.4, 0.5) is 5.69 Å². The Balaban J connectivity index is 1.87. The molecule has 0 aliphatic rings. The lowest BCUT2D eigenvalue weighted by molar-refractivity contribution is 0.102. The summed E-state index contributed by atoms with van der Waals surface area (Å²) in [4.78, 5) is 16.0. The molecule has 1 aromatic heterocycles. The fraction of sp³-hybridized carbons (Fsp3) is 0. The van der Waals surface area contributed by atoms with Gasteiger partial charge >= 0.3 is 0 Å². The maximum absolute atomic E-state index is 12.0. The van der Waals surface area contributed by atoms with Crippen molar-refractivity contribution in [1.82, 2.24) is 4.98 Å². The van der Waals surface area contributed by atoms with E-state index < -0.39 is 10.0 Å². The number of nitrogens with one attached hydrogen (secondary N) is 1. The Labute approximate surface area is 143 Å². The van der Waals surface area contributed by atoms with E-state index in [0.29, 0.717) is 21.8 Å². The summed E-state index contributed by atoms with van der Waals surface area (Å²) >= 11 is 1.25. The van der Waals surface area contributed by atoms with Gasteiger partial charge in [0, 0.05) is 22.8 Å². The molecule has 0 atom stereocenters. The van der Waals surface area contributed by atoms with E-state index in [2.05, 4.69) is 10.3 Å². The highest BCUT2D eigenvalue weighted by molar-refractivity contribution is 7.89. The number of sulfonamides is 1. The van der Waals surface area contributed by atoms with Gasteiger partial charge in [0.25, 0.3) is 5.91 Å². The van der Waals surface area contributed by atoms with E-state index in [-0.39, 0.29) is 10.8 Å². The van der Waals surface area contributed by atoms with Crippen LogP contribution >= 0.6 is 11.3 Å². The summed E-state index contributed by atoms with van der Waals surface area (Å²) in [6.07, 6.45) is 1.56. The third kappa shape index (κ3) is 3.51. The second kappa shape index (κ2) is 6.52. The highest BCUT2D eigenvalue weighted by Crippen LogP contribution is 2.27. The standard InChI is InChI=1S/C16H13N3O3S2/c17-24(21,22)14-4-2-1-3-13(14)11-5-7-12(8-6-11)19-15(20)16-18-9-10-23-16/h1-10H,(H,19,20)(H2,17,21,22). The second-order valence-electron chi connectivity index (χ2n) is 4.91. The Morgan fingerprint density at radius 1 is 1.08 bits per heavy atom. The molecule has 3 aromatic rings. The number of hydrogen-bond donors (Lipinski definition) is 2. The van der Waals surface area contributed by atoms with E-state index >= 15 is 0 Å². The molecule has 0 aliphatic carbocycles. The molecule has 3 N–H and O–H groups in total. The minimum atomic E-state index is -3.82. The average molecular weight is 359 g/mol. The van der Waals surface area contributed by atoms with Crippen molar-refractivity contribution in [1.29, 1.82) is 0 Å². The van der Waals surface area contributed by atoms with Crippen molar-refractivity contribution in [2.24, 2.45) is 5.14 Å². The number of carbonyl (C=O) groups is 1. The molecule has 24 heavy (non-hydrogen) atoms. The molecule has 0 aliphatic heterocycles. The average Bonchev–Trinajstić information content (AvgIpc) is 3.09. The van der Waals surface area contributed by atoms with Crippen molar-refractivity contribution in [2.75, 3.05) is 5.32 Å². The summed E-state index contributed by atoms with van der Waals surface area (Å²) in [7, 11) is -3.82. The van der Waals surface area contributed by atoms with Crippen molar-refractivity contribution >= 4 is 33.0 Å². The Morgan fingerprint density at radius 2 is 1.79 bits per heavy atom. The number of amides is 1. The van der Waals surface area contributed by atoms with Gasteiger partial charge in [-0.3, -0.25) is 4.79 Å². The topological polar surface area (TPSA) is 102 Å². The number of nitrogens with zero attached hydrogens (tertiary/aromatic N) is 1. The highest BCUT2D eigenvalue weighted by atomic mass is 32.2. The van der Waals surface area contributed by atoms with Crippen molar-refractivity contribution in [3.63, 3.8) is 0 Å². The zero-order chi connectivity index (χ0) is 17.2. The van der Waals surface area contributed by atoms with Crippen LogP contribution in [0.15, 0.2) is 65.0 Å². The number of thiazole rings is 1. The lowest BCUT2D eigenvalue weighted by atomic mass is 10.1. The summed E-state index contributed by atoms with van der Waals surface area (Å²) in [5.41, 5.74) is 1.79. The molecule has 0 radical (unpaired) electrons. The summed E-state index contributed by atoms with van der Waals surface area (Å²) in [6, 6.07) is 13.3. The number of aromatic nitrogens is 1. The van der Waals surface area contributed by atoms with Gasteiger partial charge in [-0.15, -0.1) is 11.3 Å². The first kappa shape index (κ1) is 16.3. The van der Waals surface area contributed by atoms with Gasteiger partial charge in [-0.05, 0) is 23.8 Å². The van der Waals surface area contributed by atoms with Crippen LogP contribution < -0.4 is 10.5 Å². The van der Waals surface area contributed by atoms with Gasteiger partial charge in [0.2, 0.25) is 10.0 Å². The molecule has 0 unspecified atom stereocenters. The van der Waals surface area contributed by atoms with Gasteiger partial charge in [0.1, 0.15) is 0 Å². The van der Waals surface area contributed by atoms with Crippen LogP contribution in [-0.4, -0.2) is 19.3 Å². The monoisotopic (exact) mass is 359 g/mol. The summed E-state index contributed by atoms with van der Waals surface area (Å²) in [5.74, 6) is -0.289. The minimum Gasteiger partial charge on any atom is -0.320 e. The van der Waals surface area contributed by atoms with Gasteiger partial charge in [-0.2, -0.15) is 0 Å². The van der Waals surface area contributed by atoms with E-state index in [9.17, 15) is 13.2 Å².